The van der Waals surface area contributed by atoms with Gasteiger partial charge >= 0.3 is 0 Å². The van der Waals surface area contributed by atoms with Crippen LogP contribution < -0.4 is 0 Å². The summed E-state index contributed by atoms with van der Waals surface area (Å²) in [6, 6.07) is 0. The van der Waals surface area contributed by atoms with Crippen LogP contribution in [0.15, 0.2) is 4.63 Å². The van der Waals surface area contributed by atoms with Crippen LogP contribution in [-0.2, 0) is 11.3 Å². The van der Waals surface area contributed by atoms with Crippen LogP contribution >= 0.6 is 0 Å². The lowest BCUT2D eigenvalue weighted by Gasteiger charge is -2.19. The Bertz CT molecular complexity index is 307. The van der Waals surface area contributed by atoms with E-state index in [1.165, 1.54) is 12.8 Å². The van der Waals surface area contributed by atoms with Crippen LogP contribution in [0.25, 0.3) is 0 Å². The SMILES string of the molecule is Cc1nonc1CN(C)C[C@H]1CCCO1. The lowest BCUT2D eigenvalue weighted by Crippen LogP contribution is -2.28. The predicted octanol–water partition coefficient (Wildman–Crippen LogP) is 0.989. The highest BCUT2D eigenvalue weighted by molar-refractivity contribution is 5.03. The molecule has 0 spiro atoms. The molecule has 0 N–H and O–H groups in total. The second kappa shape index (κ2) is 4.72. The fourth-order valence-corrected chi connectivity index (χ4v) is 1.85. The summed E-state index contributed by atoms with van der Waals surface area (Å²) in [5, 5.41) is 7.62. The minimum absolute atomic E-state index is 0.384. The van der Waals surface area contributed by atoms with Gasteiger partial charge in [-0.2, -0.15) is 0 Å². The molecule has 1 aromatic rings. The summed E-state index contributed by atoms with van der Waals surface area (Å²) in [6.07, 6.45) is 2.74. The van der Waals surface area contributed by atoms with Crippen molar-refractivity contribution in [3.05, 3.63) is 11.4 Å². The van der Waals surface area contributed by atoms with E-state index in [1.54, 1.807) is 0 Å². The Labute approximate surface area is 89.4 Å². The molecule has 0 amide bonds. The zero-order chi connectivity index (χ0) is 10.7. The van der Waals surface area contributed by atoms with Gasteiger partial charge in [-0.3, -0.25) is 4.90 Å². The number of hydrogen-bond acceptors (Lipinski definition) is 5. The molecule has 1 saturated heterocycles. The molecule has 1 aliphatic rings. The lowest BCUT2D eigenvalue weighted by atomic mass is 10.2. The Balaban J connectivity index is 1.81. The highest BCUT2D eigenvalue weighted by Crippen LogP contribution is 2.14. The van der Waals surface area contributed by atoms with Crippen molar-refractivity contribution in [1.82, 2.24) is 15.2 Å². The van der Waals surface area contributed by atoms with E-state index in [0.717, 1.165) is 31.1 Å². The summed E-state index contributed by atoms with van der Waals surface area (Å²) in [4.78, 5) is 2.20. The second-order valence-electron chi connectivity index (χ2n) is 4.13. The number of aromatic nitrogens is 2. The van der Waals surface area contributed by atoms with Crippen molar-refractivity contribution in [2.45, 2.75) is 32.4 Å². The van der Waals surface area contributed by atoms with Crippen molar-refractivity contribution in [3.8, 4) is 0 Å². The van der Waals surface area contributed by atoms with E-state index in [4.69, 9.17) is 4.74 Å². The molecule has 0 bridgehead atoms. The maximum atomic E-state index is 5.57. The Morgan fingerprint density at radius 1 is 1.47 bits per heavy atom. The third kappa shape index (κ3) is 2.76. The third-order valence-electron chi connectivity index (χ3n) is 2.71. The number of hydrogen-bond donors (Lipinski definition) is 0. The van der Waals surface area contributed by atoms with Gasteiger partial charge in [-0.05, 0) is 26.8 Å². The fourth-order valence-electron chi connectivity index (χ4n) is 1.85. The van der Waals surface area contributed by atoms with E-state index in [-0.39, 0.29) is 0 Å². The number of aryl methyl sites for hydroxylation is 1. The molecule has 5 heteroatoms. The van der Waals surface area contributed by atoms with Crippen LogP contribution in [0.1, 0.15) is 24.2 Å². The molecule has 1 aliphatic heterocycles. The molecule has 0 saturated carbocycles. The monoisotopic (exact) mass is 211 g/mol. The summed E-state index contributed by atoms with van der Waals surface area (Å²) in [6.45, 7) is 4.54. The molecule has 2 heterocycles. The van der Waals surface area contributed by atoms with Gasteiger partial charge in [0, 0.05) is 19.7 Å². The van der Waals surface area contributed by atoms with Gasteiger partial charge in [-0.1, -0.05) is 10.3 Å². The van der Waals surface area contributed by atoms with Gasteiger partial charge in [0.15, 0.2) is 0 Å². The molecule has 1 atom stereocenters. The molecular formula is C10H17N3O2. The Morgan fingerprint density at radius 2 is 2.33 bits per heavy atom. The van der Waals surface area contributed by atoms with Crippen LogP contribution in [-0.4, -0.2) is 41.5 Å². The van der Waals surface area contributed by atoms with E-state index < -0.39 is 0 Å². The van der Waals surface area contributed by atoms with Crippen molar-refractivity contribution in [3.63, 3.8) is 0 Å². The molecular weight excluding hydrogens is 194 g/mol. The van der Waals surface area contributed by atoms with Gasteiger partial charge in [0.05, 0.1) is 6.10 Å². The standard InChI is InChI=1S/C10H17N3O2/c1-8-10(12-15-11-8)7-13(2)6-9-4-3-5-14-9/h9H,3-7H2,1-2H3/t9-/m1/s1. The van der Waals surface area contributed by atoms with Crippen LogP contribution in [0.5, 0.6) is 0 Å². The molecule has 0 aromatic carbocycles. The summed E-state index contributed by atoms with van der Waals surface area (Å²) in [7, 11) is 2.07. The minimum atomic E-state index is 0.384. The number of rotatable bonds is 4. The zero-order valence-corrected chi connectivity index (χ0v) is 9.27. The normalized spacial score (nSPS) is 21.4. The second-order valence-corrected chi connectivity index (χ2v) is 4.13. The summed E-state index contributed by atoms with van der Waals surface area (Å²) < 4.78 is 10.2. The van der Waals surface area contributed by atoms with E-state index >= 15 is 0 Å². The van der Waals surface area contributed by atoms with Gasteiger partial charge in [0.2, 0.25) is 0 Å². The lowest BCUT2D eigenvalue weighted by molar-refractivity contribution is 0.0786. The topological polar surface area (TPSA) is 51.4 Å². The smallest absolute Gasteiger partial charge is 0.122 e. The molecule has 84 valence electrons. The Hall–Kier alpha value is -0.940. The van der Waals surface area contributed by atoms with Gasteiger partial charge in [-0.15, -0.1) is 0 Å². The predicted molar refractivity (Wildman–Crippen MR) is 54.3 cm³/mol. The first-order chi connectivity index (χ1) is 7.25. The largest absolute Gasteiger partial charge is 0.377 e. The fraction of sp³-hybridized carbons (Fsp3) is 0.800. The van der Waals surface area contributed by atoms with Crippen molar-refractivity contribution in [2.24, 2.45) is 0 Å². The molecule has 1 fully saturated rings. The number of nitrogens with zero attached hydrogens (tertiary/aromatic N) is 3. The quantitative estimate of drug-likeness (QED) is 0.743. The Morgan fingerprint density at radius 3 is 2.93 bits per heavy atom. The summed E-state index contributed by atoms with van der Waals surface area (Å²) >= 11 is 0. The first kappa shape index (κ1) is 10.6. The first-order valence-corrected chi connectivity index (χ1v) is 5.34. The van der Waals surface area contributed by atoms with E-state index in [9.17, 15) is 0 Å². The molecule has 0 radical (unpaired) electrons. The molecule has 1 aromatic heterocycles. The van der Waals surface area contributed by atoms with Crippen LogP contribution in [0.2, 0.25) is 0 Å². The van der Waals surface area contributed by atoms with E-state index in [2.05, 4.69) is 26.9 Å². The van der Waals surface area contributed by atoms with Crippen molar-refractivity contribution < 1.29 is 9.37 Å². The molecule has 0 unspecified atom stereocenters. The van der Waals surface area contributed by atoms with Gasteiger partial charge in [-0.25, -0.2) is 4.63 Å². The highest BCUT2D eigenvalue weighted by atomic mass is 16.6. The molecule has 0 aliphatic carbocycles. The van der Waals surface area contributed by atoms with Crippen LogP contribution in [0.4, 0.5) is 0 Å². The average molecular weight is 211 g/mol. The molecule has 5 nitrogen and oxygen atoms in total. The number of likely N-dealkylation sites (N-methyl/N-ethyl adjacent to an activating group) is 1. The maximum Gasteiger partial charge on any atom is 0.122 e. The molecule has 2 rings (SSSR count). The van der Waals surface area contributed by atoms with E-state index in [1.807, 2.05) is 6.92 Å². The van der Waals surface area contributed by atoms with Crippen molar-refractivity contribution >= 4 is 0 Å². The van der Waals surface area contributed by atoms with Crippen LogP contribution in [0, 0.1) is 6.92 Å². The molecule has 15 heavy (non-hydrogen) atoms. The highest BCUT2D eigenvalue weighted by Gasteiger charge is 2.18. The summed E-state index contributed by atoms with van der Waals surface area (Å²) in [5.41, 5.74) is 1.78. The minimum Gasteiger partial charge on any atom is -0.377 e. The first-order valence-electron chi connectivity index (χ1n) is 5.34. The van der Waals surface area contributed by atoms with Gasteiger partial charge in [0.1, 0.15) is 11.4 Å². The van der Waals surface area contributed by atoms with Crippen molar-refractivity contribution in [1.29, 1.82) is 0 Å². The zero-order valence-electron chi connectivity index (χ0n) is 9.27. The Kier molecular flexibility index (Phi) is 3.33. The average Bonchev–Trinajstić information content (AvgIpc) is 2.79. The van der Waals surface area contributed by atoms with Crippen molar-refractivity contribution in [2.75, 3.05) is 20.2 Å². The van der Waals surface area contributed by atoms with Gasteiger partial charge in [0.25, 0.3) is 0 Å². The summed E-state index contributed by atoms with van der Waals surface area (Å²) in [5.74, 6) is 0. The van der Waals surface area contributed by atoms with Gasteiger partial charge < -0.3 is 4.74 Å². The number of ether oxygens (including phenoxy) is 1. The third-order valence-corrected chi connectivity index (χ3v) is 2.71. The van der Waals surface area contributed by atoms with Crippen LogP contribution in [0.3, 0.4) is 0 Å². The maximum absolute atomic E-state index is 5.57. The van der Waals surface area contributed by atoms with E-state index in [0.29, 0.717) is 6.10 Å².